The monoisotopic (exact) mass is 258 g/mol. The molecule has 1 aromatic heterocycles. The molecule has 3 rings (SSSR count). The van der Waals surface area contributed by atoms with Gasteiger partial charge in [-0.15, -0.1) is 0 Å². The summed E-state index contributed by atoms with van der Waals surface area (Å²) in [5, 5.41) is 9.09. The van der Waals surface area contributed by atoms with E-state index in [9.17, 15) is 0 Å². The van der Waals surface area contributed by atoms with E-state index in [2.05, 4.69) is 20.9 Å². The van der Waals surface area contributed by atoms with Crippen molar-refractivity contribution in [3.05, 3.63) is 18.1 Å². The predicted molar refractivity (Wildman–Crippen MR) is 70.7 cm³/mol. The van der Waals surface area contributed by atoms with E-state index in [1.807, 2.05) is 0 Å². The van der Waals surface area contributed by atoms with Crippen molar-refractivity contribution in [2.45, 2.75) is 31.8 Å². The van der Waals surface area contributed by atoms with Gasteiger partial charge in [-0.2, -0.15) is 5.26 Å². The van der Waals surface area contributed by atoms with E-state index in [0.29, 0.717) is 11.5 Å². The van der Waals surface area contributed by atoms with Crippen LogP contribution >= 0.6 is 0 Å². The first-order valence-electron chi connectivity index (χ1n) is 6.94. The van der Waals surface area contributed by atoms with Gasteiger partial charge < -0.3 is 9.64 Å². The number of hydrogen-bond acceptors (Lipinski definition) is 5. The first-order chi connectivity index (χ1) is 9.36. The number of anilines is 1. The molecule has 19 heavy (non-hydrogen) atoms. The van der Waals surface area contributed by atoms with Gasteiger partial charge in [0.05, 0.1) is 6.10 Å². The summed E-state index contributed by atoms with van der Waals surface area (Å²) in [6.07, 6.45) is 8.29. The highest BCUT2D eigenvalue weighted by Gasteiger charge is 2.27. The summed E-state index contributed by atoms with van der Waals surface area (Å²) in [5.41, 5.74) is 0.408. The Bertz CT molecular complexity index is 481. The molecule has 1 aromatic rings. The van der Waals surface area contributed by atoms with Crippen LogP contribution in [0.2, 0.25) is 0 Å². The Hall–Kier alpha value is -1.67. The van der Waals surface area contributed by atoms with Crippen LogP contribution in [0.15, 0.2) is 12.4 Å². The van der Waals surface area contributed by atoms with E-state index in [0.717, 1.165) is 38.5 Å². The van der Waals surface area contributed by atoms with Crippen molar-refractivity contribution in [1.82, 2.24) is 9.97 Å². The number of ether oxygens (including phenoxy) is 1. The highest BCUT2D eigenvalue weighted by Crippen LogP contribution is 2.30. The maximum Gasteiger partial charge on any atom is 0.183 e. The molecule has 2 heterocycles. The van der Waals surface area contributed by atoms with Gasteiger partial charge in [0.25, 0.3) is 0 Å². The van der Waals surface area contributed by atoms with Crippen LogP contribution in [-0.4, -0.2) is 35.8 Å². The van der Waals surface area contributed by atoms with Crippen LogP contribution in [0.3, 0.4) is 0 Å². The summed E-state index contributed by atoms with van der Waals surface area (Å²) < 4.78 is 5.96. The minimum absolute atomic E-state index is 0.267. The lowest BCUT2D eigenvalue weighted by Gasteiger charge is -2.33. The summed E-state index contributed by atoms with van der Waals surface area (Å²) >= 11 is 0. The number of hydrogen-bond donors (Lipinski definition) is 0. The molecule has 1 atom stereocenters. The van der Waals surface area contributed by atoms with Gasteiger partial charge in [-0.05, 0) is 31.6 Å². The Kier molecular flexibility index (Phi) is 3.60. The number of nitrogens with zero attached hydrogens (tertiary/aromatic N) is 4. The van der Waals surface area contributed by atoms with Crippen LogP contribution in [0.1, 0.15) is 31.4 Å². The molecule has 2 fully saturated rings. The van der Waals surface area contributed by atoms with Gasteiger partial charge in [-0.25, -0.2) is 9.97 Å². The van der Waals surface area contributed by atoms with Crippen molar-refractivity contribution < 1.29 is 4.74 Å². The summed E-state index contributed by atoms with van der Waals surface area (Å²) in [6.45, 7) is 2.64. The second-order valence-electron chi connectivity index (χ2n) is 5.33. The zero-order valence-corrected chi connectivity index (χ0v) is 11.0. The van der Waals surface area contributed by atoms with Gasteiger partial charge in [0, 0.05) is 32.1 Å². The second kappa shape index (κ2) is 5.54. The van der Waals surface area contributed by atoms with E-state index in [-0.39, 0.29) is 6.10 Å². The van der Waals surface area contributed by atoms with E-state index >= 15 is 0 Å². The van der Waals surface area contributed by atoms with Gasteiger partial charge in [0.15, 0.2) is 11.5 Å². The Morgan fingerprint density at radius 3 is 2.95 bits per heavy atom. The van der Waals surface area contributed by atoms with Crippen molar-refractivity contribution in [2.75, 3.05) is 24.6 Å². The summed E-state index contributed by atoms with van der Waals surface area (Å²) in [6, 6.07) is 2.11. The second-order valence-corrected chi connectivity index (χ2v) is 5.33. The molecule has 2 aliphatic rings. The van der Waals surface area contributed by atoms with Crippen LogP contribution in [0.25, 0.3) is 0 Å². The molecule has 0 aromatic carbocycles. The number of nitriles is 1. The third kappa shape index (κ3) is 3.02. The summed E-state index contributed by atoms with van der Waals surface area (Å²) in [5.74, 6) is 1.49. The molecular weight excluding hydrogens is 240 g/mol. The molecule has 0 N–H and O–H groups in total. The normalized spacial score (nSPS) is 23.1. The lowest BCUT2D eigenvalue weighted by atomic mass is 10.1. The van der Waals surface area contributed by atoms with E-state index < -0.39 is 0 Å². The van der Waals surface area contributed by atoms with Gasteiger partial charge in [-0.3, -0.25) is 0 Å². The molecule has 1 saturated heterocycles. The first-order valence-corrected chi connectivity index (χ1v) is 6.94. The summed E-state index contributed by atoms with van der Waals surface area (Å²) in [4.78, 5) is 10.5. The highest BCUT2D eigenvalue weighted by molar-refractivity contribution is 5.49. The molecule has 1 unspecified atom stereocenters. The Morgan fingerprint density at radius 2 is 2.16 bits per heavy atom. The van der Waals surface area contributed by atoms with Crippen molar-refractivity contribution in [3.8, 4) is 6.07 Å². The van der Waals surface area contributed by atoms with Gasteiger partial charge >= 0.3 is 0 Å². The Balaban J connectivity index is 1.65. The average molecular weight is 258 g/mol. The zero-order chi connectivity index (χ0) is 13.1. The third-order valence-electron chi connectivity index (χ3n) is 3.73. The predicted octanol–water partition coefficient (Wildman–Crippen LogP) is 1.74. The molecule has 1 saturated carbocycles. The maximum absolute atomic E-state index is 9.09. The minimum Gasteiger partial charge on any atom is -0.376 e. The standard InChI is InChI=1S/C14H18N4O/c15-8-13-14(17-6-5-16-13)18-7-1-2-12(9-18)19-10-11-3-4-11/h5-6,11-12H,1-4,7,9-10H2. The quantitative estimate of drug-likeness (QED) is 0.823. The van der Waals surface area contributed by atoms with E-state index in [4.69, 9.17) is 10.00 Å². The van der Waals surface area contributed by atoms with Gasteiger partial charge in [0.2, 0.25) is 0 Å². The van der Waals surface area contributed by atoms with E-state index in [1.165, 1.54) is 12.8 Å². The van der Waals surface area contributed by atoms with Crippen molar-refractivity contribution in [1.29, 1.82) is 5.26 Å². The molecule has 0 radical (unpaired) electrons. The number of piperidine rings is 1. The van der Waals surface area contributed by atoms with Gasteiger partial charge in [0.1, 0.15) is 6.07 Å². The fourth-order valence-corrected chi connectivity index (χ4v) is 2.46. The topological polar surface area (TPSA) is 62.0 Å². The van der Waals surface area contributed by atoms with E-state index in [1.54, 1.807) is 12.4 Å². The smallest absolute Gasteiger partial charge is 0.183 e. The summed E-state index contributed by atoms with van der Waals surface area (Å²) in [7, 11) is 0. The van der Waals surface area contributed by atoms with Crippen LogP contribution in [0.5, 0.6) is 0 Å². The Morgan fingerprint density at radius 1 is 1.32 bits per heavy atom. The molecule has 0 bridgehead atoms. The maximum atomic E-state index is 9.09. The van der Waals surface area contributed by atoms with Crippen molar-refractivity contribution >= 4 is 5.82 Å². The Labute approximate surface area is 113 Å². The van der Waals surface area contributed by atoms with Crippen LogP contribution in [0, 0.1) is 17.2 Å². The average Bonchev–Trinajstić information content (AvgIpc) is 3.29. The highest BCUT2D eigenvalue weighted by atomic mass is 16.5. The molecular formula is C14H18N4O. The molecule has 5 heteroatoms. The lowest BCUT2D eigenvalue weighted by Crippen LogP contribution is -2.40. The molecule has 5 nitrogen and oxygen atoms in total. The van der Waals surface area contributed by atoms with Gasteiger partial charge in [-0.1, -0.05) is 0 Å². The first kappa shape index (κ1) is 12.4. The zero-order valence-electron chi connectivity index (χ0n) is 11.0. The molecule has 100 valence electrons. The molecule has 1 aliphatic heterocycles. The molecule has 1 aliphatic carbocycles. The molecule has 0 spiro atoms. The van der Waals surface area contributed by atoms with Crippen molar-refractivity contribution in [2.24, 2.45) is 5.92 Å². The largest absolute Gasteiger partial charge is 0.376 e. The fourth-order valence-electron chi connectivity index (χ4n) is 2.46. The van der Waals surface area contributed by atoms with Crippen LogP contribution in [-0.2, 0) is 4.74 Å². The minimum atomic E-state index is 0.267. The third-order valence-corrected chi connectivity index (χ3v) is 3.73. The lowest BCUT2D eigenvalue weighted by molar-refractivity contribution is 0.0367. The van der Waals surface area contributed by atoms with Crippen LogP contribution in [0.4, 0.5) is 5.82 Å². The fraction of sp³-hybridized carbons (Fsp3) is 0.643. The number of rotatable bonds is 4. The molecule has 0 amide bonds. The van der Waals surface area contributed by atoms with Crippen molar-refractivity contribution in [3.63, 3.8) is 0 Å². The number of aromatic nitrogens is 2. The van der Waals surface area contributed by atoms with Crippen LogP contribution < -0.4 is 4.90 Å². The SMILES string of the molecule is N#Cc1nccnc1N1CCCC(OCC2CC2)C1.